The molecule has 110 valence electrons. The second-order valence-corrected chi connectivity index (χ2v) is 6.39. The number of thioether (sulfide) groups is 1. The Morgan fingerprint density at radius 3 is 2.57 bits per heavy atom. The molecule has 6 heteroatoms. The number of aryl methyl sites for hydroxylation is 1. The molecule has 0 radical (unpaired) electrons. The van der Waals surface area contributed by atoms with Crippen molar-refractivity contribution >= 4 is 33.5 Å². The van der Waals surface area contributed by atoms with Crippen molar-refractivity contribution in [2.75, 3.05) is 5.75 Å². The van der Waals surface area contributed by atoms with Gasteiger partial charge in [0.15, 0.2) is 10.9 Å². The van der Waals surface area contributed by atoms with Gasteiger partial charge in [0.25, 0.3) is 5.56 Å². The molecule has 0 saturated heterocycles. The maximum atomic E-state index is 12.1. The van der Waals surface area contributed by atoms with Crippen LogP contribution in [0.4, 0.5) is 0 Å². The summed E-state index contributed by atoms with van der Waals surface area (Å²) in [5.41, 5.74) is 1.94. The molecule has 2 rings (SSSR count). The Labute approximate surface area is 135 Å². The first-order valence-electron chi connectivity index (χ1n) is 6.52. The third kappa shape index (κ3) is 4.04. The number of aromatic nitrogens is 2. The van der Waals surface area contributed by atoms with Gasteiger partial charge < -0.3 is 4.98 Å². The van der Waals surface area contributed by atoms with Gasteiger partial charge in [-0.05, 0) is 25.5 Å². The van der Waals surface area contributed by atoms with Gasteiger partial charge in [-0.25, -0.2) is 4.98 Å². The zero-order valence-electron chi connectivity index (χ0n) is 11.8. The second kappa shape index (κ2) is 7.04. The molecule has 1 N–H and O–H groups in total. The molecule has 2 aromatic rings. The smallest absolute Gasteiger partial charge is 0.254 e. The van der Waals surface area contributed by atoms with E-state index in [1.807, 2.05) is 26.0 Å². The molecule has 0 amide bonds. The molecule has 0 aliphatic heterocycles. The van der Waals surface area contributed by atoms with Crippen LogP contribution in [-0.4, -0.2) is 21.5 Å². The third-order valence-electron chi connectivity index (χ3n) is 3.06. The molecule has 0 bridgehead atoms. The Balaban J connectivity index is 2.08. The van der Waals surface area contributed by atoms with Gasteiger partial charge in [0, 0.05) is 21.3 Å². The van der Waals surface area contributed by atoms with E-state index in [4.69, 9.17) is 0 Å². The lowest BCUT2D eigenvalue weighted by atomic mass is 10.2. The number of ketones is 1. The second-order valence-electron chi connectivity index (χ2n) is 4.51. The van der Waals surface area contributed by atoms with Crippen molar-refractivity contribution in [3.8, 4) is 0 Å². The number of halogens is 1. The summed E-state index contributed by atoms with van der Waals surface area (Å²) in [6.07, 6.45) is 0.650. The fraction of sp³-hybridized carbons (Fsp3) is 0.267. The van der Waals surface area contributed by atoms with Crippen LogP contribution in [-0.2, 0) is 6.42 Å². The van der Waals surface area contributed by atoms with Gasteiger partial charge in [0.05, 0.1) is 5.75 Å². The van der Waals surface area contributed by atoms with Crippen molar-refractivity contribution in [3.63, 3.8) is 0 Å². The zero-order chi connectivity index (χ0) is 15.4. The fourth-order valence-electron chi connectivity index (χ4n) is 1.92. The normalized spacial score (nSPS) is 10.6. The predicted molar refractivity (Wildman–Crippen MR) is 88.2 cm³/mol. The highest BCUT2D eigenvalue weighted by molar-refractivity contribution is 9.10. The summed E-state index contributed by atoms with van der Waals surface area (Å²) < 4.78 is 0.934. The van der Waals surface area contributed by atoms with E-state index in [9.17, 15) is 9.59 Å². The standard InChI is InChI=1S/C15H15BrN2O2S/c1-3-12-9(2)17-15(18-14(12)20)21-8-13(19)10-4-6-11(16)7-5-10/h4-7H,3,8H2,1-2H3,(H,17,18,20). The minimum atomic E-state index is -0.122. The van der Waals surface area contributed by atoms with E-state index in [0.29, 0.717) is 22.7 Å². The van der Waals surface area contributed by atoms with Gasteiger partial charge >= 0.3 is 0 Å². The van der Waals surface area contributed by atoms with E-state index < -0.39 is 0 Å². The highest BCUT2D eigenvalue weighted by atomic mass is 79.9. The average molecular weight is 367 g/mol. The van der Waals surface area contributed by atoms with Crippen LogP contribution in [0.1, 0.15) is 28.5 Å². The van der Waals surface area contributed by atoms with Gasteiger partial charge in [-0.1, -0.05) is 46.7 Å². The monoisotopic (exact) mass is 366 g/mol. The van der Waals surface area contributed by atoms with Crippen LogP contribution in [0.2, 0.25) is 0 Å². The summed E-state index contributed by atoms with van der Waals surface area (Å²) in [6.45, 7) is 3.73. The Kier molecular flexibility index (Phi) is 5.36. The first-order chi connectivity index (χ1) is 10.0. The van der Waals surface area contributed by atoms with Crippen molar-refractivity contribution < 1.29 is 4.79 Å². The van der Waals surface area contributed by atoms with Gasteiger partial charge in [-0.2, -0.15) is 0 Å². The maximum absolute atomic E-state index is 12.1. The number of H-pyrrole nitrogens is 1. The highest BCUT2D eigenvalue weighted by Crippen LogP contribution is 2.16. The molecule has 0 unspecified atom stereocenters. The molecule has 0 fully saturated rings. The summed E-state index contributed by atoms with van der Waals surface area (Å²) >= 11 is 4.58. The van der Waals surface area contributed by atoms with Crippen molar-refractivity contribution in [2.45, 2.75) is 25.4 Å². The van der Waals surface area contributed by atoms with E-state index in [-0.39, 0.29) is 17.1 Å². The van der Waals surface area contributed by atoms with Crippen LogP contribution in [0.5, 0.6) is 0 Å². The number of aromatic amines is 1. The summed E-state index contributed by atoms with van der Waals surface area (Å²) in [5.74, 6) is 0.252. The highest BCUT2D eigenvalue weighted by Gasteiger charge is 2.10. The molecule has 1 aromatic carbocycles. The number of rotatable bonds is 5. The summed E-state index contributed by atoms with van der Waals surface area (Å²) in [7, 11) is 0. The molecule has 0 aliphatic rings. The van der Waals surface area contributed by atoms with Crippen LogP contribution >= 0.6 is 27.7 Å². The van der Waals surface area contributed by atoms with Crippen LogP contribution < -0.4 is 5.56 Å². The largest absolute Gasteiger partial charge is 0.301 e. The van der Waals surface area contributed by atoms with Crippen LogP contribution in [0.15, 0.2) is 38.7 Å². The van der Waals surface area contributed by atoms with Gasteiger partial charge in [-0.15, -0.1) is 0 Å². The molecule has 0 atom stereocenters. The van der Waals surface area contributed by atoms with Gasteiger partial charge in [-0.3, -0.25) is 9.59 Å². The van der Waals surface area contributed by atoms with Crippen molar-refractivity contribution in [2.24, 2.45) is 0 Å². The lowest BCUT2D eigenvalue weighted by molar-refractivity contribution is 0.102. The Morgan fingerprint density at radius 1 is 1.33 bits per heavy atom. The molecule has 21 heavy (non-hydrogen) atoms. The molecular weight excluding hydrogens is 352 g/mol. The Hall–Kier alpha value is -1.40. The number of carbonyl (C=O) groups excluding carboxylic acids is 1. The Morgan fingerprint density at radius 2 is 2.00 bits per heavy atom. The van der Waals surface area contributed by atoms with E-state index in [0.717, 1.165) is 10.2 Å². The topological polar surface area (TPSA) is 62.8 Å². The summed E-state index contributed by atoms with van der Waals surface area (Å²) in [5, 5.41) is 0.486. The molecular formula is C15H15BrN2O2S. The molecule has 0 aliphatic carbocycles. The SMILES string of the molecule is CCc1c(C)nc(SCC(=O)c2ccc(Br)cc2)[nH]c1=O. The lowest BCUT2D eigenvalue weighted by Gasteiger charge is -2.05. The van der Waals surface area contributed by atoms with Crippen molar-refractivity contribution in [3.05, 3.63) is 55.9 Å². The van der Waals surface area contributed by atoms with Crippen LogP contribution in [0.25, 0.3) is 0 Å². The molecule has 0 saturated carbocycles. The lowest BCUT2D eigenvalue weighted by Crippen LogP contribution is -2.17. The van der Waals surface area contributed by atoms with E-state index in [2.05, 4.69) is 25.9 Å². The van der Waals surface area contributed by atoms with Crippen LogP contribution in [0.3, 0.4) is 0 Å². The fourth-order valence-corrected chi connectivity index (χ4v) is 2.99. The van der Waals surface area contributed by atoms with Gasteiger partial charge in [0.1, 0.15) is 0 Å². The van der Waals surface area contributed by atoms with E-state index in [1.54, 1.807) is 12.1 Å². The first kappa shape index (κ1) is 16.0. The van der Waals surface area contributed by atoms with Gasteiger partial charge in [0.2, 0.25) is 0 Å². The van der Waals surface area contributed by atoms with Crippen molar-refractivity contribution in [1.82, 2.24) is 9.97 Å². The third-order valence-corrected chi connectivity index (χ3v) is 4.46. The molecule has 1 aromatic heterocycles. The van der Waals surface area contributed by atoms with E-state index in [1.165, 1.54) is 11.8 Å². The summed E-state index contributed by atoms with van der Waals surface area (Å²) in [6, 6.07) is 7.21. The number of hydrogen-bond acceptors (Lipinski definition) is 4. The van der Waals surface area contributed by atoms with Crippen LogP contribution in [0, 0.1) is 6.92 Å². The number of carbonyl (C=O) groups is 1. The number of nitrogens with one attached hydrogen (secondary N) is 1. The molecule has 4 nitrogen and oxygen atoms in total. The minimum absolute atomic E-state index is 0.00682. The number of Topliss-reactive ketones (excluding diaryl/α,β-unsaturated/α-hetero) is 1. The number of hydrogen-bond donors (Lipinski definition) is 1. The molecule has 1 heterocycles. The zero-order valence-corrected chi connectivity index (χ0v) is 14.2. The maximum Gasteiger partial charge on any atom is 0.254 e. The van der Waals surface area contributed by atoms with Crippen molar-refractivity contribution in [1.29, 1.82) is 0 Å². The number of nitrogens with zero attached hydrogens (tertiary/aromatic N) is 1. The Bertz CT molecular complexity index is 711. The van der Waals surface area contributed by atoms with E-state index >= 15 is 0 Å². The molecule has 0 spiro atoms. The first-order valence-corrected chi connectivity index (χ1v) is 8.30. The quantitative estimate of drug-likeness (QED) is 0.500. The number of benzene rings is 1. The predicted octanol–water partition coefficient (Wildman–Crippen LogP) is 3.38. The minimum Gasteiger partial charge on any atom is -0.301 e. The summed E-state index contributed by atoms with van der Waals surface area (Å²) in [4.78, 5) is 31.0. The average Bonchev–Trinajstić information content (AvgIpc) is 2.45.